The normalized spacial score (nSPS) is 15.8. The molecule has 0 fully saturated rings. The minimum absolute atomic E-state index is 0.254. The smallest absolute Gasteiger partial charge is 0.234 e. The summed E-state index contributed by atoms with van der Waals surface area (Å²) in [5, 5.41) is 13.6. The van der Waals surface area contributed by atoms with Gasteiger partial charge in [0.25, 0.3) is 0 Å². The lowest BCUT2D eigenvalue weighted by Crippen LogP contribution is -2.23. The largest absolute Gasteiger partial charge is 0.486 e. The van der Waals surface area contributed by atoms with Crippen LogP contribution >= 0.6 is 11.3 Å². The Kier molecular flexibility index (Phi) is 3.86. The zero-order chi connectivity index (χ0) is 18.2. The van der Waals surface area contributed by atoms with Crippen LogP contribution in [0.4, 0.5) is 4.39 Å². The van der Waals surface area contributed by atoms with Crippen LogP contribution in [0, 0.1) is 5.82 Å². The van der Waals surface area contributed by atoms with E-state index in [1.165, 1.54) is 23.5 Å². The van der Waals surface area contributed by atoms with Crippen molar-refractivity contribution in [3.8, 4) is 17.2 Å². The van der Waals surface area contributed by atoms with Gasteiger partial charge in [-0.25, -0.2) is 4.39 Å². The van der Waals surface area contributed by atoms with Crippen molar-refractivity contribution in [2.24, 2.45) is 0 Å². The Balaban J connectivity index is 1.35. The summed E-state index contributed by atoms with van der Waals surface area (Å²) in [4.78, 5) is 0.644. The van der Waals surface area contributed by atoms with Crippen molar-refractivity contribution in [2.75, 3.05) is 6.61 Å². The van der Waals surface area contributed by atoms with Gasteiger partial charge in [0.15, 0.2) is 28.4 Å². The number of hydrogen-bond acceptors (Lipinski definition) is 7. The van der Waals surface area contributed by atoms with Gasteiger partial charge in [-0.05, 0) is 36.4 Å². The Morgan fingerprint density at radius 1 is 1.11 bits per heavy atom. The fourth-order valence-electron chi connectivity index (χ4n) is 2.75. The van der Waals surface area contributed by atoms with Crippen molar-refractivity contribution in [1.29, 1.82) is 0 Å². The van der Waals surface area contributed by atoms with Gasteiger partial charge >= 0.3 is 0 Å². The van der Waals surface area contributed by atoms with Crippen LogP contribution in [0.5, 0.6) is 17.2 Å². The highest BCUT2D eigenvalue weighted by atomic mass is 32.1. The fourth-order valence-corrected chi connectivity index (χ4v) is 3.51. The van der Waals surface area contributed by atoms with Crippen LogP contribution in [0.3, 0.4) is 0 Å². The number of nitrogens with zero attached hydrogens (tertiary/aromatic N) is 4. The van der Waals surface area contributed by atoms with Gasteiger partial charge < -0.3 is 14.2 Å². The molecule has 4 aromatic rings. The first-order valence-corrected chi connectivity index (χ1v) is 9.06. The average Bonchev–Trinajstić information content (AvgIpc) is 3.27. The molecule has 0 amide bonds. The number of para-hydroxylation sites is 2. The van der Waals surface area contributed by atoms with E-state index in [9.17, 15) is 4.39 Å². The standard InChI is InChI=1S/C18H13FN4O3S/c19-11-5-7-12(8-6-11)24-10-16-22-23-17(20-21-18(23)27-16)15-9-25-13-3-1-2-4-14(13)26-15/h1-8,15H,9-10H2/t15-/m0/s1. The number of hydrogen-bond donors (Lipinski definition) is 0. The first-order chi connectivity index (χ1) is 13.3. The number of rotatable bonds is 4. The van der Waals surface area contributed by atoms with Crippen molar-refractivity contribution >= 4 is 16.3 Å². The van der Waals surface area contributed by atoms with E-state index in [1.807, 2.05) is 24.3 Å². The van der Waals surface area contributed by atoms with Gasteiger partial charge in [0.1, 0.15) is 24.8 Å². The lowest BCUT2D eigenvalue weighted by molar-refractivity contribution is 0.0835. The molecule has 136 valence electrons. The number of aromatic nitrogens is 4. The Morgan fingerprint density at radius 3 is 2.78 bits per heavy atom. The molecule has 2 aromatic heterocycles. The highest BCUT2D eigenvalue weighted by Gasteiger charge is 2.28. The van der Waals surface area contributed by atoms with Crippen LogP contribution in [-0.2, 0) is 6.61 Å². The topological polar surface area (TPSA) is 70.8 Å². The van der Waals surface area contributed by atoms with E-state index in [0.717, 1.165) is 5.01 Å². The number of halogens is 1. The summed E-state index contributed by atoms with van der Waals surface area (Å²) in [5.41, 5.74) is 0. The van der Waals surface area contributed by atoms with Crippen LogP contribution < -0.4 is 14.2 Å². The lowest BCUT2D eigenvalue weighted by atomic mass is 10.2. The lowest BCUT2D eigenvalue weighted by Gasteiger charge is -2.24. The van der Waals surface area contributed by atoms with Crippen LogP contribution in [0.1, 0.15) is 16.9 Å². The Labute approximate surface area is 156 Å². The van der Waals surface area contributed by atoms with Crippen molar-refractivity contribution < 1.29 is 18.6 Å². The summed E-state index contributed by atoms with van der Waals surface area (Å²) in [6.07, 6.45) is -0.400. The maximum absolute atomic E-state index is 13.0. The van der Waals surface area contributed by atoms with E-state index in [4.69, 9.17) is 14.2 Å². The predicted octanol–water partition coefficient (Wildman–Crippen LogP) is 3.42. The maximum Gasteiger partial charge on any atom is 0.234 e. The quantitative estimate of drug-likeness (QED) is 0.537. The van der Waals surface area contributed by atoms with Crippen molar-refractivity contribution in [2.45, 2.75) is 12.7 Å². The second kappa shape index (κ2) is 6.51. The molecule has 7 nitrogen and oxygen atoms in total. The minimum Gasteiger partial charge on any atom is -0.486 e. The second-order valence-corrected chi connectivity index (χ2v) is 6.90. The van der Waals surface area contributed by atoms with E-state index in [0.29, 0.717) is 34.6 Å². The summed E-state index contributed by atoms with van der Waals surface area (Å²) >= 11 is 1.37. The van der Waals surface area contributed by atoms with Gasteiger partial charge in [-0.15, -0.1) is 10.2 Å². The van der Waals surface area contributed by atoms with Crippen LogP contribution in [-0.4, -0.2) is 26.4 Å². The van der Waals surface area contributed by atoms with Gasteiger partial charge in [-0.3, -0.25) is 0 Å². The highest BCUT2D eigenvalue weighted by molar-refractivity contribution is 7.16. The molecular formula is C18H13FN4O3S. The molecule has 2 aromatic carbocycles. The molecule has 0 saturated carbocycles. The summed E-state index contributed by atoms with van der Waals surface area (Å²) in [7, 11) is 0. The molecule has 0 bridgehead atoms. The molecule has 3 heterocycles. The number of fused-ring (bicyclic) bond motifs is 2. The zero-order valence-corrected chi connectivity index (χ0v) is 14.7. The SMILES string of the molecule is Fc1ccc(OCc2nn3c([C@@H]4COc5ccccc5O4)nnc3s2)cc1. The zero-order valence-electron chi connectivity index (χ0n) is 13.9. The summed E-state index contributed by atoms with van der Waals surface area (Å²) < 4.78 is 32.0. The van der Waals surface area contributed by atoms with Gasteiger partial charge in [0, 0.05) is 0 Å². The molecule has 27 heavy (non-hydrogen) atoms. The Hall–Kier alpha value is -3.20. The fraction of sp³-hybridized carbons (Fsp3) is 0.167. The summed E-state index contributed by atoms with van der Waals surface area (Å²) in [6, 6.07) is 13.3. The highest BCUT2D eigenvalue weighted by Crippen LogP contribution is 2.35. The van der Waals surface area contributed by atoms with Gasteiger partial charge in [-0.2, -0.15) is 9.61 Å². The van der Waals surface area contributed by atoms with Gasteiger partial charge in [-0.1, -0.05) is 23.5 Å². The minimum atomic E-state index is -0.400. The van der Waals surface area contributed by atoms with E-state index in [-0.39, 0.29) is 12.4 Å². The molecule has 1 aliphatic rings. The Bertz CT molecular complexity index is 1100. The molecule has 0 N–H and O–H groups in total. The second-order valence-electron chi connectivity index (χ2n) is 5.86. The third-order valence-corrected chi connectivity index (χ3v) is 4.90. The monoisotopic (exact) mass is 384 g/mol. The molecule has 0 unspecified atom stereocenters. The van der Waals surface area contributed by atoms with Crippen molar-refractivity contribution in [1.82, 2.24) is 19.8 Å². The first-order valence-electron chi connectivity index (χ1n) is 8.24. The van der Waals surface area contributed by atoms with Gasteiger partial charge in [0.05, 0.1) is 0 Å². The molecular weight excluding hydrogens is 371 g/mol. The molecule has 0 spiro atoms. The van der Waals surface area contributed by atoms with Crippen LogP contribution in [0.15, 0.2) is 48.5 Å². The predicted molar refractivity (Wildman–Crippen MR) is 94.7 cm³/mol. The summed E-state index contributed by atoms with van der Waals surface area (Å²) in [5.74, 6) is 2.22. The van der Waals surface area contributed by atoms with Crippen LogP contribution in [0.2, 0.25) is 0 Å². The van der Waals surface area contributed by atoms with E-state index in [2.05, 4.69) is 15.3 Å². The number of ether oxygens (including phenoxy) is 3. The molecule has 1 aliphatic heterocycles. The van der Waals surface area contributed by atoms with E-state index in [1.54, 1.807) is 16.6 Å². The van der Waals surface area contributed by atoms with E-state index >= 15 is 0 Å². The third kappa shape index (κ3) is 3.06. The van der Waals surface area contributed by atoms with E-state index < -0.39 is 6.10 Å². The third-order valence-electron chi connectivity index (χ3n) is 4.03. The van der Waals surface area contributed by atoms with Crippen molar-refractivity contribution in [3.63, 3.8) is 0 Å². The summed E-state index contributed by atoms with van der Waals surface area (Å²) in [6.45, 7) is 0.584. The first kappa shape index (κ1) is 16.0. The molecule has 9 heteroatoms. The maximum atomic E-state index is 13.0. The van der Waals surface area contributed by atoms with Crippen molar-refractivity contribution in [3.05, 3.63) is 65.2 Å². The molecule has 0 aliphatic carbocycles. The average molecular weight is 384 g/mol. The number of benzene rings is 2. The molecule has 5 rings (SSSR count). The molecule has 1 atom stereocenters. The Morgan fingerprint density at radius 2 is 1.93 bits per heavy atom. The molecule has 0 saturated heterocycles. The van der Waals surface area contributed by atoms with Gasteiger partial charge in [0.2, 0.25) is 4.96 Å². The molecule has 0 radical (unpaired) electrons. The van der Waals surface area contributed by atoms with Crippen LogP contribution in [0.25, 0.3) is 4.96 Å².